The van der Waals surface area contributed by atoms with E-state index in [-0.39, 0.29) is 18.4 Å². The van der Waals surface area contributed by atoms with Crippen LogP contribution in [0.3, 0.4) is 0 Å². The summed E-state index contributed by atoms with van der Waals surface area (Å²) in [4.78, 5) is 33.4. The lowest BCUT2D eigenvalue weighted by molar-refractivity contribution is -0.115. The molecule has 0 aliphatic heterocycles. The monoisotopic (exact) mass is 343 g/mol. The lowest BCUT2D eigenvalue weighted by atomic mass is 10.2. The van der Waals surface area contributed by atoms with Gasteiger partial charge in [-0.05, 0) is 19.1 Å². The number of nitrogens with zero attached hydrogens (tertiary/aromatic N) is 6. The van der Waals surface area contributed by atoms with E-state index >= 15 is 0 Å². The number of anilines is 3. The highest BCUT2D eigenvalue weighted by atomic mass is 16.2. The van der Waals surface area contributed by atoms with Crippen LogP contribution in [0.2, 0.25) is 0 Å². The van der Waals surface area contributed by atoms with Crippen molar-refractivity contribution in [3.8, 4) is 0 Å². The molecule has 0 aromatic carbocycles. The summed E-state index contributed by atoms with van der Waals surface area (Å²) in [5, 5.41) is 2.78. The molecule has 0 fully saturated rings. The van der Waals surface area contributed by atoms with E-state index in [9.17, 15) is 4.79 Å². The molecule has 0 radical (unpaired) electrons. The summed E-state index contributed by atoms with van der Waals surface area (Å²) in [7, 11) is 5.53. The van der Waals surface area contributed by atoms with E-state index in [0.29, 0.717) is 23.5 Å². The number of rotatable bonds is 6. The number of aromatic nitrogens is 4. The maximum absolute atomic E-state index is 12.3. The van der Waals surface area contributed by atoms with Crippen molar-refractivity contribution < 1.29 is 4.79 Å². The van der Waals surface area contributed by atoms with Crippen molar-refractivity contribution in [1.29, 1.82) is 0 Å². The van der Waals surface area contributed by atoms with Crippen LogP contribution in [0.15, 0.2) is 18.2 Å². The van der Waals surface area contributed by atoms with Gasteiger partial charge in [0.25, 0.3) is 0 Å². The zero-order valence-corrected chi connectivity index (χ0v) is 15.6. The van der Waals surface area contributed by atoms with Gasteiger partial charge in [-0.2, -0.15) is 15.0 Å². The van der Waals surface area contributed by atoms with Gasteiger partial charge in [0.15, 0.2) is 0 Å². The molecular formula is C17H25N7O. The number of hydrogen-bond acceptors (Lipinski definition) is 7. The van der Waals surface area contributed by atoms with Gasteiger partial charge in [-0.1, -0.05) is 19.9 Å². The maximum Gasteiger partial charge on any atom is 0.245 e. The van der Waals surface area contributed by atoms with E-state index in [1.807, 2.05) is 51.9 Å². The molecule has 0 spiro atoms. The fraction of sp³-hybridized carbons (Fsp3) is 0.471. The van der Waals surface area contributed by atoms with Crippen LogP contribution in [-0.2, 0) is 4.79 Å². The van der Waals surface area contributed by atoms with E-state index < -0.39 is 0 Å². The Hall–Kier alpha value is -2.77. The minimum absolute atomic E-state index is 0.115. The van der Waals surface area contributed by atoms with Gasteiger partial charge in [-0.3, -0.25) is 4.79 Å². The van der Waals surface area contributed by atoms with Gasteiger partial charge in [0.05, 0.1) is 6.54 Å². The third kappa shape index (κ3) is 5.10. The molecule has 25 heavy (non-hydrogen) atoms. The van der Waals surface area contributed by atoms with Gasteiger partial charge >= 0.3 is 0 Å². The second-order valence-electron chi connectivity index (χ2n) is 6.41. The summed E-state index contributed by atoms with van der Waals surface area (Å²) in [6.45, 7) is 6.04. The van der Waals surface area contributed by atoms with Gasteiger partial charge in [-0.15, -0.1) is 0 Å². The second-order valence-corrected chi connectivity index (χ2v) is 6.41. The Balaban J connectivity index is 2.14. The molecule has 0 atom stereocenters. The smallest absolute Gasteiger partial charge is 0.245 e. The first-order chi connectivity index (χ1) is 11.8. The molecule has 1 amide bonds. The normalized spacial score (nSPS) is 10.7. The molecule has 1 N–H and O–H groups in total. The van der Waals surface area contributed by atoms with Crippen molar-refractivity contribution in [2.45, 2.75) is 26.7 Å². The molecule has 0 aliphatic rings. The zero-order valence-electron chi connectivity index (χ0n) is 15.6. The number of carbonyl (C=O) groups excluding carboxylic acids is 1. The molecule has 0 saturated carbocycles. The molecule has 8 nitrogen and oxygen atoms in total. The summed E-state index contributed by atoms with van der Waals surface area (Å²) in [6, 6.07) is 5.49. The Labute approximate surface area is 148 Å². The fourth-order valence-electron chi connectivity index (χ4n) is 2.08. The van der Waals surface area contributed by atoms with Crippen molar-refractivity contribution in [2.24, 2.45) is 0 Å². The van der Waals surface area contributed by atoms with Crippen LogP contribution < -0.4 is 15.1 Å². The van der Waals surface area contributed by atoms with E-state index in [2.05, 4.69) is 25.3 Å². The first-order valence-corrected chi connectivity index (χ1v) is 8.14. The fourth-order valence-corrected chi connectivity index (χ4v) is 2.08. The van der Waals surface area contributed by atoms with Crippen LogP contribution >= 0.6 is 0 Å². The topological polar surface area (TPSA) is 87.1 Å². The summed E-state index contributed by atoms with van der Waals surface area (Å²) < 4.78 is 0. The summed E-state index contributed by atoms with van der Waals surface area (Å²) in [5.74, 6) is 2.25. The second kappa shape index (κ2) is 7.87. The van der Waals surface area contributed by atoms with Crippen LogP contribution in [0.4, 0.5) is 17.7 Å². The van der Waals surface area contributed by atoms with E-state index in [1.165, 1.54) is 0 Å². The van der Waals surface area contributed by atoms with Gasteiger partial charge in [0.2, 0.25) is 17.8 Å². The van der Waals surface area contributed by atoms with Crippen molar-refractivity contribution in [3.05, 3.63) is 29.7 Å². The minimum Gasteiger partial charge on any atom is -0.347 e. The van der Waals surface area contributed by atoms with Crippen LogP contribution in [0.25, 0.3) is 0 Å². The average molecular weight is 343 g/mol. The summed E-state index contributed by atoms with van der Waals surface area (Å²) >= 11 is 0. The van der Waals surface area contributed by atoms with Gasteiger partial charge in [0.1, 0.15) is 11.6 Å². The quantitative estimate of drug-likeness (QED) is 0.856. The van der Waals surface area contributed by atoms with Crippen molar-refractivity contribution in [2.75, 3.05) is 42.8 Å². The molecule has 2 aromatic heterocycles. The molecule has 134 valence electrons. The Kier molecular flexibility index (Phi) is 5.84. The van der Waals surface area contributed by atoms with Crippen LogP contribution in [0, 0.1) is 6.92 Å². The van der Waals surface area contributed by atoms with Crippen LogP contribution in [-0.4, -0.2) is 53.5 Å². The first-order valence-electron chi connectivity index (χ1n) is 8.14. The minimum atomic E-state index is -0.182. The van der Waals surface area contributed by atoms with Crippen LogP contribution in [0.1, 0.15) is 31.3 Å². The molecule has 0 bridgehead atoms. The number of aryl methyl sites for hydroxylation is 1. The highest BCUT2D eigenvalue weighted by molar-refractivity contribution is 5.92. The Morgan fingerprint density at radius 3 is 2.36 bits per heavy atom. The number of pyridine rings is 1. The zero-order chi connectivity index (χ0) is 18.6. The highest BCUT2D eigenvalue weighted by Gasteiger charge is 2.16. The Morgan fingerprint density at radius 2 is 1.76 bits per heavy atom. The summed E-state index contributed by atoms with van der Waals surface area (Å²) in [5.41, 5.74) is 0.848. The van der Waals surface area contributed by atoms with Gasteiger partial charge in [-0.25, -0.2) is 4.98 Å². The highest BCUT2D eigenvalue weighted by Crippen LogP contribution is 2.17. The van der Waals surface area contributed by atoms with Gasteiger partial charge in [0, 0.05) is 32.8 Å². The van der Waals surface area contributed by atoms with Crippen molar-refractivity contribution >= 4 is 23.6 Å². The predicted octanol–water partition coefficient (Wildman–Crippen LogP) is 1.84. The molecule has 2 rings (SSSR count). The lowest BCUT2D eigenvalue weighted by Crippen LogP contribution is -2.32. The van der Waals surface area contributed by atoms with Crippen molar-refractivity contribution in [3.63, 3.8) is 0 Å². The third-order valence-corrected chi connectivity index (χ3v) is 3.42. The number of carbonyl (C=O) groups is 1. The van der Waals surface area contributed by atoms with Gasteiger partial charge < -0.3 is 15.1 Å². The number of nitrogens with one attached hydrogen (secondary N) is 1. The van der Waals surface area contributed by atoms with Crippen molar-refractivity contribution in [1.82, 2.24) is 19.9 Å². The SMILES string of the molecule is Cc1cccc(NC(=O)CN(C)c2nc(C(C)C)nc(N(C)C)n2)n1. The first kappa shape index (κ1) is 18.6. The number of hydrogen-bond donors (Lipinski definition) is 1. The molecule has 0 aliphatic carbocycles. The van der Waals surface area contributed by atoms with Crippen LogP contribution in [0.5, 0.6) is 0 Å². The standard InChI is InChI=1S/C17H25N7O/c1-11(2)15-20-16(23(4)5)22-17(21-15)24(6)10-14(25)19-13-9-7-8-12(3)18-13/h7-9,11H,10H2,1-6H3,(H,18,19,25). The molecule has 0 unspecified atom stereocenters. The van der Waals surface area contributed by atoms with E-state index in [1.54, 1.807) is 18.0 Å². The molecule has 2 aromatic rings. The molecule has 8 heteroatoms. The molecule has 0 saturated heterocycles. The average Bonchev–Trinajstić information content (AvgIpc) is 2.54. The molecular weight excluding hydrogens is 318 g/mol. The largest absolute Gasteiger partial charge is 0.347 e. The number of amides is 1. The lowest BCUT2D eigenvalue weighted by Gasteiger charge is -2.20. The third-order valence-electron chi connectivity index (χ3n) is 3.42. The Bertz CT molecular complexity index is 719. The van der Waals surface area contributed by atoms with E-state index in [4.69, 9.17) is 0 Å². The number of likely N-dealkylation sites (N-methyl/N-ethyl adjacent to an activating group) is 1. The predicted molar refractivity (Wildman–Crippen MR) is 99.1 cm³/mol. The van der Waals surface area contributed by atoms with E-state index in [0.717, 1.165) is 5.69 Å². The Morgan fingerprint density at radius 1 is 1.08 bits per heavy atom. The summed E-state index contributed by atoms with van der Waals surface area (Å²) in [6.07, 6.45) is 0. The maximum atomic E-state index is 12.3. The molecule has 2 heterocycles.